The van der Waals surface area contributed by atoms with Crippen molar-refractivity contribution in [3.05, 3.63) is 54.0 Å². The highest BCUT2D eigenvalue weighted by Crippen LogP contribution is 2.11. The Balaban J connectivity index is 1.41. The van der Waals surface area contributed by atoms with Crippen LogP contribution in [0.1, 0.15) is 18.2 Å². The van der Waals surface area contributed by atoms with E-state index in [-0.39, 0.29) is 5.91 Å². The summed E-state index contributed by atoms with van der Waals surface area (Å²) in [6.07, 6.45) is 2.72. The summed E-state index contributed by atoms with van der Waals surface area (Å²) < 4.78 is 5.39. The topological polar surface area (TPSA) is 48.7 Å². The first-order valence-electron chi connectivity index (χ1n) is 8.59. The molecule has 128 valence electrons. The Morgan fingerprint density at radius 1 is 1.08 bits per heavy atom. The van der Waals surface area contributed by atoms with Crippen molar-refractivity contribution in [2.75, 3.05) is 38.0 Å². The molecule has 1 aliphatic rings. The molecule has 2 heterocycles. The highest BCUT2D eigenvalue weighted by atomic mass is 16.3. The first kappa shape index (κ1) is 16.7. The van der Waals surface area contributed by atoms with Crippen LogP contribution in [0.15, 0.2) is 47.1 Å². The van der Waals surface area contributed by atoms with Gasteiger partial charge in [-0.1, -0.05) is 19.1 Å². The average Bonchev–Trinajstić information content (AvgIpc) is 3.10. The molecule has 1 aliphatic heterocycles. The summed E-state index contributed by atoms with van der Waals surface area (Å²) in [4.78, 5) is 16.8. The highest BCUT2D eigenvalue weighted by molar-refractivity contribution is 5.92. The number of carbonyl (C=O) groups is 1. The van der Waals surface area contributed by atoms with Gasteiger partial charge in [-0.3, -0.25) is 14.6 Å². The van der Waals surface area contributed by atoms with Crippen LogP contribution in [0.4, 0.5) is 5.69 Å². The Morgan fingerprint density at radius 2 is 1.79 bits per heavy atom. The minimum atomic E-state index is 0.0544. The molecule has 0 unspecified atom stereocenters. The summed E-state index contributed by atoms with van der Waals surface area (Å²) in [6, 6.07) is 12.0. The van der Waals surface area contributed by atoms with Crippen LogP contribution in [0.5, 0.6) is 0 Å². The highest BCUT2D eigenvalue weighted by Gasteiger charge is 2.19. The minimum absolute atomic E-state index is 0.0544. The lowest BCUT2D eigenvalue weighted by molar-refractivity contribution is -0.117. The third-order valence-corrected chi connectivity index (χ3v) is 4.44. The Hall–Kier alpha value is -2.11. The summed E-state index contributed by atoms with van der Waals surface area (Å²) in [5, 5.41) is 2.98. The Morgan fingerprint density at radius 3 is 2.42 bits per heavy atom. The zero-order valence-electron chi connectivity index (χ0n) is 14.2. The first-order valence-corrected chi connectivity index (χ1v) is 8.59. The maximum atomic E-state index is 12.2. The molecule has 0 radical (unpaired) electrons. The number of carbonyl (C=O) groups excluding carboxylic acids is 1. The Kier molecular flexibility index (Phi) is 5.67. The number of amides is 1. The molecule has 3 rings (SSSR count). The second-order valence-electron chi connectivity index (χ2n) is 6.23. The first-order chi connectivity index (χ1) is 11.7. The van der Waals surface area contributed by atoms with Crippen molar-refractivity contribution in [2.24, 2.45) is 0 Å². The van der Waals surface area contributed by atoms with E-state index >= 15 is 0 Å². The summed E-state index contributed by atoms with van der Waals surface area (Å²) in [5.74, 6) is 1.05. The van der Waals surface area contributed by atoms with Gasteiger partial charge in [-0.15, -0.1) is 0 Å². The van der Waals surface area contributed by atoms with Gasteiger partial charge in [0.05, 0.1) is 19.4 Å². The Bertz CT molecular complexity index is 629. The SMILES string of the molecule is CCc1ccc(NC(=O)CN2CCN(Cc3ccco3)CC2)cc1. The van der Waals surface area contributed by atoms with Crippen LogP contribution >= 0.6 is 0 Å². The number of hydrogen-bond donors (Lipinski definition) is 1. The van der Waals surface area contributed by atoms with E-state index in [2.05, 4.69) is 34.2 Å². The number of benzene rings is 1. The van der Waals surface area contributed by atoms with E-state index in [4.69, 9.17) is 4.42 Å². The van der Waals surface area contributed by atoms with Crippen LogP contribution in [0.2, 0.25) is 0 Å². The fraction of sp³-hybridized carbons (Fsp3) is 0.421. The quantitative estimate of drug-likeness (QED) is 0.886. The third-order valence-electron chi connectivity index (χ3n) is 4.44. The lowest BCUT2D eigenvalue weighted by Gasteiger charge is -2.33. The number of furan rings is 1. The van der Waals surface area contributed by atoms with Crippen molar-refractivity contribution in [1.82, 2.24) is 9.80 Å². The van der Waals surface area contributed by atoms with Gasteiger partial charge in [0.1, 0.15) is 5.76 Å². The molecule has 1 fully saturated rings. The van der Waals surface area contributed by atoms with Crippen LogP contribution in [0, 0.1) is 0 Å². The zero-order chi connectivity index (χ0) is 16.8. The maximum absolute atomic E-state index is 12.2. The number of piperazine rings is 1. The van der Waals surface area contributed by atoms with Crippen molar-refractivity contribution in [2.45, 2.75) is 19.9 Å². The molecule has 0 spiro atoms. The minimum Gasteiger partial charge on any atom is -0.468 e. The molecule has 0 aliphatic carbocycles. The van der Waals surface area contributed by atoms with Gasteiger partial charge in [0.25, 0.3) is 0 Å². The second-order valence-corrected chi connectivity index (χ2v) is 6.23. The standard InChI is InChI=1S/C19H25N3O2/c1-2-16-5-7-17(8-6-16)20-19(23)15-22-11-9-21(10-12-22)14-18-4-3-13-24-18/h3-8,13H,2,9-12,14-15H2,1H3,(H,20,23). The summed E-state index contributed by atoms with van der Waals surface area (Å²) in [7, 11) is 0. The van der Waals surface area contributed by atoms with Gasteiger partial charge < -0.3 is 9.73 Å². The van der Waals surface area contributed by atoms with E-state index in [1.165, 1.54) is 5.56 Å². The van der Waals surface area contributed by atoms with Gasteiger partial charge in [-0.25, -0.2) is 0 Å². The van der Waals surface area contributed by atoms with Crippen LogP contribution in [0.3, 0.4) is 0 Å². The molecule has 0 saturated carbocycles. The van der Waals surface area contributed by atoms with Crippen LogP contribution in [-0.4, -0.2) is 48.4 Å². The van der Waals surface area contributed by atoms with E-state index in [1.807, 2.05) is 24.3 Å². The second kappa shape index (κ2) is 8.13. The van der Waals surface area contributed by atoms with Crippen molar-refractivity contribution < 1.29 is 9.21 Å². The molecule has 24 heavy (non-hydrogen) atoms. The van der Waals surface area contributed by atoms with E-state index in [0.717, 1.165) is 50.6 Å². The van der Waals surface area contributed by atoms with Crippen molar-refractivity contribution in [3.8, 4) is 0 Å². The van der Waals surface area contributed by atoms with Gasteiger partial charge >= 0.3 is 0 Å². The molecule has 5 heteroatoms. The van der Waals surface area contributed by atoms with E-state index in [1.54, 1.807) is 6.26 Å². The van der Waals surface area contributed by atoms with Gasteiger partial charge in [0, 0.05) is 31.9 Å². The monoisotopic (exact) mass is 327 g/mol. The molecule has 5 nitrogen and oxygen atoms in total. The molecule has 1 N–H and O–H groups in total. The molecule has 1 saturated heterocycles. The largest absolute Gasteiger partial charge is 0.468 e. The predicted molar refractivity (Wildman–Crippen MR) is 94.9 cm³/mol. The summed E-state index contributed by atoms with van der Waals surface area (Å²) in [6.45, 7) is 7.14. The number of anilines is 1. The number of nitrogens with one attached hydrogen (secondary N) is 1. The van der Waals surface area contributed by atoms with E-state index in [0.29, 0.717) is 6.54 Å². The molecule has 2 aromatic rings. The number of aryl methyl sites for hydroxylation is 1. The van der Waals surface area contributed by atoms with Gasteiger partial charge in [0.15, 0.2) is 0 Å². The number of hydrogen-bond acceptors (Lipinski definition) is 4. The van der Waals surface area contributed by atoms with Crippen molar-refractivity contribution in [3.63, 3.8) is 0 Å². The van der Waals surface area contributed by atoms with E-state index in [9.17, 15) is 4.79 Å². The van der Waals surface area contributed by atoms with Crippen LogP contribution < -0.4 is 5.32 Å². The van der Waals surface area contributed by atoms with E-state index < -0.39 is 0 Å². The Labute approximate surface area is 143 Å². The molecule has 1 aromatic heterocycles. The smallest absolute Gasteiger partial charge is 0.238 e. The van der Waals surface area contributed by atoms with Gasteiger partial charge in [-0.05, 0) is 36.2 Å². The summed E-state index contributed by atoms with van der Waals surface area (Å²) in [5.41, 5.74) is 2.15. The van der Waals surface area contributed by atoms with Crippen LogP contribution in [-0.2, 0) is 17.8 Å². The third kappa shape index (κ3) is 4.69. The molecule has 1 aromatic carbocycles. The molecule has 0 bridgehead atoms. The lowest BCUT2D eigenvalue weighted by Crippen LogP contribution is -2.48. The van der Waals surface area contributed by atoms with Crippen LogP contribution in [0.25, 0.3) is 0 Å². The predicted octanol–water partition coefficient (Wildman–Crippen LogP) is 2.60. The number of rotatable bonds is 6. The van der Waals surface area contributed by atoms with Gasteiger partial charge in [0.2, 0.25) is 5.91 Å². The summed E-state index contributed by atoms with van der Waals surface area (Å²) >= 11 is 0. The zero-order valence-corrected chi connectivity index (χ0v) is 14.2. The number of nitrogens with zero attached hydrogens (tertiary/aromatic N) is 2. The molecular weight excluding hydrogens is 302 g/mol. The molecule has 0 atom stereocenters. The normalized spacial score (nSPS) is 16.2. The van der Waals surface area contributed by atoms with Crippen molar-refractivity contribution >= 4 is 11.6 Å². The lowest BCUT2D eigenvalue weighted by atomic mass is 10.1. The maximum Gasteiger partial charge on any atom is 0.238 e. The fourth-order valence-corrected chi connectivity index (χ4v) is 2.96. The van der Waals surface area contributed by atoms with Gasteiger partial charge in [-0.2, -0.15) is 0 Å². The molecular formula is C19H25N3O2. The molecule has 1 amide bonds. The van der Waals surface area contributed by atoms with Crippen molar-refractivity contribution in [1.29, 1.82) is 0 Å². The fourth-order valence-electron chi connectivity index (χ4n) is 2.96. The average molecular weight is 327 g/mol.